The molecule has 1 aromatic carbocycles. The van der Waals surface area contributed by atoms with Crippen molar-refractivity contribution in [2.24, 2.45) is 11.8 Å². The summed E-state index contributed by atoms with van der Waals surface area (Å²) in [6.45, 7) is 14.2. The fourth-order valence-electron chi connectivity index (χ4n) is 4.22. The number of allylic oxidation sites excluding steroid dienone is 2. The summed E-state index contributed by atoms with van der Waals surface area (Å²) in [5, 5.41) is 0. The zero-order valence-electron chi connectivity index (χ0n) is 19.5. The molecule has 2 rings (SSSR count). The molecule has 0 spiro atoms. The van der Waals surface area contributed by atoms with Crippen molar-refractivity contribution < 1.29 is 14.2 Å². The molecule has 0 saturated heterocycles. The van der Waals surface area contributed by atoms with Crippen molar-refractivity contribution in [1.29, 1.82) is 0 Å². The molecule has 0 aromatic heterocycles. The first-order chi connectivity index (χ1) is 13.9. The zero-order valence-corrected chi connectivity index (χ0v) is 19.5. The lowest BCUT2D eigenvalue weighted by molar-refractivity contribution is -0.0722. The minimum absolute atomic E-state index is 0.276. The van der Waals surface area contributed by atoms with Gasteiger partial charge in [-0.1, -0.05) is 63.7 Å². The van der Waals surface area contributed by atoms with Crippen molar-refractivity contribution in [2.75, 3.05) is 13.2 Å². The molecule has 1 fully saturated rings. The normalized spacial score (nSPS) is 17.1. The van der Waals surface area contributed by atoms with Gasteiger partial charge in [-0.3, -0.25) is 0 Å². The van der Waals surface area contributed by atoms with Gasteiger partial charge in [-0.15, -0.1) is 0 Å². The first-order valence-corrected chi connectivity index (χ1v) is 11.6. The van der Waals surface area contributed by atoms with E-state index in [1.807, 2.05) is 19.9 Å². The van der Waals surface area contributed by atoms with Gasteiger partial charge in [0, 0.05) is 5.92 Å². The molecule has 3 heteroatoms. The van der Waals surface area contributed by atoms with Crippen LogP contribution in [0.3, 0.4) is 0 Å². The standard InChI is InChI=1S/C26H42O3/c1-7-27-26-18-23(24(20(4)5)17-19(2)3)13-14-25(26)29-21(6)28-16-15-22-11-9-8-10-12-22/h13-14,17-18,20-22,24H,7-12,15-16H2,1-6H3. The van der Waals surface area contributed by atoms with Gasteiger partial charge in [0.05, 0.1) is 13.2 Å². The summed E-state index contributed by atoms with van der Waals surface area (Å²) in [7, 11) is 0. The Morgan fingerprint density at radius 3 is 2.41 bits per heavy atom. The highest BCUT2D eigenvalue weighted by Crippen LogP contribution is 2.35. The SMILES string of the molecule is CCOc1cc(C(C=C(C)C)C(C)C)ccc1OC(C)OCCC1CCCCC1. The van der Waals surface area contributed by atoms with Crippen molar-refractivity contribution in [1.82, 2.24) is 0 Å². The van der Waals surface area contributed by atoms with E-state index in [2.05, 4.69) is 45.9 Å². The van der Waals surface area contributed by atoms with Crippen LogP contribution in [0.5, 0.6) is 11.5 Å². The van der Waals surface area contributed by atoms with E-state index in [4.69, 9.17) is 14.2 Å². The van der Waals surface area contributed by atoms with Crippen LogP contribution in [0.2, 0.25) is 0 Å². The van der Waals surface area contributed by atoms with Crippen LogP contribution in [0.25, 0.3) is 0 Å². The molecule has 164 valence electrons. The third kappa shape index (κ3) is 8.04. The van der Waals surface area contributed by atoms with Gasteiger partial charge < -0.3 is 14.2 Å². The zero-order chi connectivity index (χ0) is 21.2. The van der Waals surface area contributed by atoms with Crippen LogP contribution in [-0.4, -0.2) is 19.5 Å². The van der Waals surface area contributed by atoms with E-state index >= 15 is 0 Å². The van der Waals surface area contributed by atoms with E-state index < -0.39 is 0 Å². The first-order valence-electron chi connectivity index (χ1n) is 11.6. The summed E-state index contributed by atoms with van der Waals surface area (Å²) >= 11 is 0. The molecule has 0 radical (unpaired) electrons. The molecular weight excluding hydrogens is 360 g/mol. The summed E-state index contributed by atoms with van der Waals surface area (Å²) < 4.78 is 18.0. The van der Waals surface area contributed by atoms with Gasteiger partial charge in [0.25, 0.3) is 0 Å². The largest absolute Gasteiger partial charge is 0.490 e. The molecular formula is C26H42O3. The molecule has 0 N–H and O–H groups in total. The Morgan fingerprint density at radius 2 is 1.79 bits per heavy atom. The summed E-state index contributed by atoms with van der Waals surface area (Å²) in [4.78, 5) is 0. The number of rotatable bonds is 11. The van der Waals surface area contributed by atoms with E-state index in [1.54, 1.807) is 0 Å². The summed E-state index contributed by atoms with van der Waals surface area (Å²) in [5.41, 5.74) is 2.60. The highest BCUT2D eigenvalue weighted by atomic mass is 16.7. The molecule has 2 unspecified atom stereocenters. The van der Waals surface area contributed by atoms with Crippen molar-refractivity contribution in [3.63, 3.8) is 0 Å². The molecule has 29 heavy (non-hydrogen) atoms. The molecule has 2 atom stereocenters. The Hall–Kier alpha value is -1.48. The maximum atomic E-state index is 6.10. The van der Waals surface area contributed by atoms with Gasteiger partial charge in [0.15, 0.2) is 17.8 Å². The van der Waals surface area contributed by atoms with Crippen molar-refractivity contribution in [3.05, 3.63) is 35.4 Å². The summed E-state index contributed by atoms with van der Waals surface area (Å²) in [6.07, 6.45) is 10.1. The molecule has 1 aromatic rings. The fraction of sp³-hybridized carbons (Fsp3) is 0.692. The van der Waals surface area contributed by atoms with E-state index in [0.717, 1.165) is 30.4 Å². The summed E-state index contributed by atoms with van der Waals surface area (Å²) in [5.74, 6) is 3.30. The summed E-state index contributed by atoms with van der Waals surface area (Å²) in [6, 6.07) is 6.34. The molecule has 0 amide bonds. The van der Waals surface area contributed by atoms with E-state index in [0.29, 0.717) is 18.4 Å². The quantitative estimate of drug-likeness (QED) is 0.283. The van der Waals surface area contributed by atoms with Crippen molar-refractivity contribution >= 4 is 0 Å². The van der Waals surface area contributed by atoms with Gasteiger partial charge in [-0.25, -0.2) is 0 Å². The minimum Gasteiger partial charge on any atom is -0.490 e. The number of ether oxygens (including phenoxy) is 3. The average molecular weight is 403 g/mol. The van der Waals surface area contributed by atoms with Gasteiger partial charge in [-0.05, 0) is 63.6 Å². The van der Waals surface area contributed by atoms with E-state index in [1.165, 1.54) is 43.2 Å². The Labute approximate surface area is 178 Å². The lowest BCUT2D eigenvalue weighted by Gasteiger charge is -2.24. The molecule has 0 heterocycles. The van der Waals surface area contributed by atoms with Crippen molar-refractivity contribution in [2.45, 2.75) is 92.3 Å². The van der Waals surface area contributed by atoms with Crippen LogP contribution in [0.4, 0.5) is 0 Å². The predicted octanol–water partition coefficient (Wildman–Crippen LogP) is 7.50. The van der Waals surface area contributed by atoms with Gasteiger partial charge in [0.2, 0.25) is 0 Å². The minimum atomic E-state index is -0.276. The van der Waals surface area contributed by atoms with Crippen molar-refractivity contribution in [3.8, 4) is 11.5 Å². The second-order valence-electron chi connectivity index (χ2n) is 9.00. The van der Waals surface area contributed by atoms with Gasteiger partial charge in [-0.2, -0.15) is 0 Å². The predicted molar refractivity (Wildman–Crippen MR) is 122 cm³/mol. The Kier molecular flexibility index (Phi) is 10.1. The highest BCUT2D eigenvalue weighted by molar-refractivity contribution is 5.45. The molecule has 1 saturated carbocycles. The Bertz CT molecular complexity index is 625. The first kappa shape index (κ1) is 23.8. The van der Waals surface area contributed by atoms with Crippen LogP contribution < -0.4 is 9.47 Å². The number of benzene rings is 1. The second-order valence-corrected chi connectivity index (χ2v) is 9.00. The average Bonchev–Trinajstić information content (AvgIpc) is 2.68. The molecule has 1 aliphatic carbocycles. The third-order valence-electron chi connectivity index (χ3n) is 5.78. The molecule has 0 bridgehead atoms. The monoisotopic (exact) mass is 402 g/mol. The lowest BCUT2D eigenvalue weighted by atomic mass is 9.87. The van der Waals surface area contributed by atoms with Crippen LogP contribution in [-0.2, 0) is 4.74 Å². The van der Waals surface area contributed by atoms with E-state index in [9.17, 15) is 0 Å². The number of hydrogen-bond donors (Lipinski definition) is 0. The topological polar surface area (TPSA) is 27.7 Å². The second kappa shape index (κ2) is 12.3. The molecule has 1 aliphatic rings. The molecule has 0 aliphatic heterocycles. The molecule has 3 nitrogen and oxygen atoms in total. The maximum Gasteiger partial charge on any atom is 0.197 e. The van der Waals surface area contributed by atoms with Crippen LogP contribution in [0, 0.1) is 11.8 Å². The number of hydrogen-bond acceptors (Lipinski definition) is 3. The third-order valence-corrected chi connectivity index (χ3v) is 5.78. The van der Waals surface area contributed by atoms with Crippen LogP contribution in [0.15, 0.2) is 29.8 Å². The maximum absolute atomic E-state index is 6.10. The smallest absolute Gasteiger partial charge is 0.197 e. The van der Waals surface area contributed by atoms with Crippen LogP contribution in [0.1, 0.15) is 91.5 Å². The highest BCUT2D eigenvalue weighted by Gasteiger charge is 2.18. The fourth-order valence-corrected chi connectivity index (χ4v) is 4.22. The Balaban J connectivity index is 2.00. The Morgan fingerprint density at radius 1 is 1.07 bits per heavy atom. The van der Waals surface area contributed by atoms with E-state index in [-0.39, 0.29) is 6.29 Å². The lowest BCUT2D eigenvalue weighted by Crippen LogP contribution is -2.19. The van der Waals surface area contributed by atoms with Crippen LogP contribution >= 0.6 is 0 Å². The van der Waals surface area contributed by atoms with Gasteiger partial charge >= 0.3 is 0 Å². The van der Waals surface area contributed by atoms with Gasteiger partial charge in [0.1, 0.15) is 0 Å².